The van der Waals surface area contributed by atoms with Gasteiger partial charge < -0.3 is 4.74 Å². The lowest BCUT2D eigenvalue weighted by Crippen LogP contribution is -2.36. The van der Waals surface area contributed by atoms with Gasteiger partial charge in [0.1, 0.15) is 5.41 Å². The Labute approximate surface area is 150 Å². The van der Waals surface area contributed by atoms with Crippen LogP contribution >= 0.6 is 0 Å². The van der Waals surface area contributed by atoms with Crippen molar-refractivity contribution in [2.45, 2.75) is 59.5 Å². The lowest BCUT2D eigenvalue weighted by Gasteiger charge is -2.26. The van der Waals surface area contributed by atoms with Crippen LogP contribution in [-0.2, 0) is 19.1 Å². The number of carbonyl (C=O) groups is 3. The summed E-state index contributed by atoms with van der Waals surface area (Å²) in [5, 5.41) is 0. The maximum absolute atomic E-state index is 12.8. The zero-order valence-electron chi connectivity index (χ0n) is 15.7. The van der Waals surface area contributed by atoms with Crippen molar-refractivity contribution < 1.29 is 19.1 Å². The molecule has 1 heterocycles. The van der Waals surface area contributed by atoms with Crippen LogP contribution in [0.3, 0.4) is 0 Å². The average molecular weight is 344 g/mol. The molecule has 0 unspecified atom stereocenters. The molecule has 0 amide bonds. The molecule has 25 heavy (non-hydrogen) atoms. The topological polar surface area (TPSA) is 60.4 Å². The molecule has 1 rings (SSSR count). The maximum atomic E-state index is 12.8. The first-order valence-corrected chi connectivity index (χ1v) is 8.64. The van der Waals surface area contributed by atoms with Gasteiger partial charge in [-0.3, -0.25) is 14.4 Å². The predicted molar refractivity (Wildman–Crippen MR) is 97.6 cm³/mol. The van der Waals surface area contributed by atoms with Crippen LogP contribution in [0.2, 0.25) is 0 Å². The van der Waals surface area contributed by atoms with E-state index in [1.807, 2.05) is 13.8 Å². The lowest BCUT2D eigenvalue weighted by molar-refractivity contribution is -0.149. The second-order valence-corrected chi connectivity index (χ2v) is 7.51. The smallest absolute Gasteiger partial charge is 0.320 e. The fraction of sp³-hybridized carbons (Fsp3) is 0.571. The molecule has 0 saturated carbocycles. The van der Waals surface area contributed by atoms with E-state index >= 15 is 0 Å². The molecule has 1 fully saturated rings. The Morgan fingerprint density at radius 3 is 2.48 bits per heavy atom. The number of cyclic esters (lactones) is 1. The minimum Gasteiger partial charge on any atom is -0.453 e. The van der Waals surface area contributed by atoms with Crippen molar-refractivity contribution in [3.8, 4) is 11.8 Å². The van der Waals surface area contributed by atoms with E-state index in [1.165, 1.54) is 0 Å². The van der Waals surface area contributed by atoms with Gasteiger partial charge in [0.05, 0.1) is 0 Å². The van der Waals surface area contributed by atoms with Crippen LogP contribution in [0.4, 0.5) is 0 Å². The van der Waals surface area contributed by atoms with E-state index in [4.69, 9.17) is 4.74 Å². The second kappa shape index (κ2) is 8.29. The zero-order chi connectivity index (χ0) is 19.3. The molecule has 136 valence electrons. The average Bonchev–Trinajstić information content (AvgIpc) is 2.76. The van der Waals surface area contributed by atoms with Gasteiger partial charge in [0.15, 0.2) is 11.9 Å². The van der Waals surface area contributed by atoms with Crippen molar-refractivity contribution in [3.05, 3.63) is 25.3 Å². The molecular formula is C21H28O4. The molecule has 0 aliphatic carbocycles. The molecule has 0 aromatic rings. The first kappa shape index (κ1) is 20.9. The maximum Gasteiger partial charge on any atom is 0.320 e. The minimum absolute atomic E-state index is 0.115. The Morgan fingerprint density at radius 2 is 1.96 bits per heavy atom. The Bertz CT molecular complexity index is 630. The summed E-state index contributed by atoms with van der Waals surface area (Å²) in [6.45, 7) is 14.7. The minimum atomic E-state index is -1.20. The second-order valence-electron chi connectivity index (χ2n) is 7.51. The third kappa shape index (κ3) is 4.92. The summed E-state index contributed by atoms with van der Waals surface area (Å²) in [6.07, 6.45) is 3.77. The van der Waals surface area contributed by atoms with Crippen LogP contribution < -0.4 is 0 Å². The third-order valence-corrected chi connectivity index (χ3v) is 4.50. The van der Waals surface area contributed by atoms with Gasteiger partial charge in [0.2, 0.25) is 5.78 Å². The largest absolute Gasteiger partial charge is 0.453 e. The quantitative estimate of drug-likeness (QED) is 0.222. The first-order valence-electron chi connectivity index (χ1n) is 8.64. The summed E-state index contributed by atoms with van der Waals surface area (Å²) >= 11 is 0. The number of ketones is 2. The standard InChI is InChI=1S/C21H28O4/c1-7-9-17-18(23)21(11-8-2,19(24)25-17)14-13-20(5,6)12-10-16(22)15(3)4/h7-8,15,17H,1-2,9,11,13-14H2,3-6H3/t17-,21+/m0/s1. The van der Waals surface area contributed by atoms with Crippen LogP contribution in [0.15, 0.2) is 25.3 Å². The number of carbonyl (C=O) groups excluding carboxylic acids is 3. The Hall–Kier alpha value is -2.15. The number of Topliss-reactive ketones (excluding diaryl/α,β-unsaturated/α-hetero) is 2. The molecule has 0 N–H and O–H groups in total. The molecule has 1 aliphatic heterocycles. The van der Waals surface area contributed by atoms with Gasteiger partial charge in [-0.2, -0.15) is 0 Å². The lowest BCUT2D eigenvalue weighted by atomic mass is 9.72. The molecule has 4 heteroatoms. The van der Waals surface area contributed by atoms with Gasteiger partial charge in [0, 0.05) is 17.8 Å². The molecule has 0 aromatic carbocycles. The monoisotopic (exact) mass is 344 g/mol. The highest BCUT2D eigenvalue weighted by Gasteiger charge is 2.55. The van der Waals surface area contributed by atoms with Crippen molar-refractivity contribution in [2.24, 2.45) is 16.7 Å². The van der Waals surface area contributed by atoms with E-state index in [1.54, 1.807) is 26.0 Å². The van der Waals surface area contributed by atoms with Gasteiger partial charge in [0.25, 0.3) is 0 Å². The predicted octanol–water partition coefficient (Wildman–Crippen LogP) is 3.65. The number of esters is 1. The highest BCUT2D eigenvalue weighted by molar-refractivity contribution is 6.11. The molecule has 1 aliphatic rings. The molecule has 0 spiro atoms. The molecule has 1 saturated heterocycles. The molecule has 0 aromatic heterocycles. The molecule has 0 radical (unpaired) electrons. The van der Waals surface area contributed by atoms with Crippen molar-refractivity contribution in [2.75, 3.05) is 0 Å². The summed E-state index contributed by atoms with van der Waals surface area (Å²) in [5.74, 6) is 4.70. The van der Waals surface area contributed by atoms with Crippen LogP contribution in [0.1, 0.15) is 53.4 Å². The van der Waals surface area contributed by atoms with E-state index in [9.17, 15) is 14.4 Å². The van der Waals surface area contributed by atoms with Crippen LogP contribution in [0, 0.1) is 28.6 Å². The SMILES string of the molecule is C=CC[C@@H]1OC(=O)[C@](CC=C)(CCC(C)(C)C#CC(=O)C(C)C)C1=O. The highest BCUT2D eigenvalue weighted by Crippen LogP contribution is 2.42. The zero-order valence-corrected chi connectivity index (χ0v) is 15.7. The fourth-order valence-electron chi connectivity index (χ4n) is 2.73. The summed E-state index contributed by atoms with van der Waals surface area (Å²) in [4.78, 5) is 36.9. The Kier molecular flexibility index (Phi) is 6.93. The highest BCUT2D eigenvalue weighted by atomic mass is 16.6. The Balaban J connectivity index is 2.97. The third-order valence-electron chi connectivity index (χ3n) is 4.50. The van der Waals surface area contributed by atoms with Gasteiger partial charge in [-0.25, -0.2) is 0 Å². The summed E-state index contributed by atoms with van der Waals surface area (Å²) < 4.78 is 5.28. The number of hydrogen-bond acceptors (Lipinski definition) is 4. The van der Waals surface area contributed by atoms with Crippen molar-refractivity contribution in [1.82, 2.24) is 0 Å². The number of allylic oxidation sites excluding steroid dienone is 1. The van der Waals surface area contributed by atoms with E-state index in [-0.39, 0.29) is 23.9 Å². The summed E-state index contributed by atoms with van der Waals surface area (Å²) in [7, 11) is 0. The van der Waals surface area contributed by atoms with Crippen molar-refractivity contribution >= 4 is 17.5 Å². The fourth-order valence-corrected chi connectivity index (χ4v) is 2.73. The van der Waals surface area contributed by atoms with Gasteiger partial charge in [-0.05, 0) is 39.0 Å². The number of hydrogen-bond donors (Lipinski definition) is 0. The van der Waals surface area contributed by atoms with Crippen molar-refractivity contribution in [1.29, 1.82) is 0 Å². The Morgan fingerprint density at radius 1 is 1.32 bits per heavy atom. The van der Waals surface area contributed by atoms with E-state index in [2.05, 4.69) is 25.0 Å². The van der Waals surface area contributed by atoms with E-state index < -0.39 is 22.9 Å². The molecular weight excluding hydrogens is 316 g/mol. The van der Waals surface area contributed by atoms with Crippen LogP contribution in [-0.4, -0.2) is 23.6 Å². The molecule has 2 atom stereocenters. The van der Waals surface area contributed by atoms with Gasteiger partial charge >= 0.3 is 5.97 Å². The normalized spacial score (nSPS) is 23.0. The van der Waals surface area contributed by atoms with E-state index in [0.717, 1.165) is 0 Å². The summed E-state index contributed by atoms with van der Waals surface area (Å²) in [6, 6.07) is 0. The van der Waals surface area contributed by atoms with Crippen molar-refractivity contribution in [3.63, 3.8) is 0 Å². The molecule has 4 nitrogen and oxygen atoms in total. The first-order chi connectivity index (χ1) is 11.6. The van der Waals surface area contributed by atoms with Gasteiger partial charge in [-0.15, -0.1) is 13.2 Å². The molecule has 0 bridgehead atoms. The van der Waals surface area contributed by atoms with Gasteiger partial charge in [-0.1, -0.05) is 31.9 Å². The number of rotatable bonds is 8. The number of ether oxygens (including phenoxy) is 1. The van der Waals surface area contributed by atoms with Crippen LogP contribution in [0.5, 0.6) is 0 Å². The van der Waals surface area contributed by atoms with E-state index in [0.29, 0.717) is 19.3 Å². The summed E-state index contributed by atoms with van der Waals surface area (Å²) in [5.41, 5.74) is -1.69. The van der Waals surface area contributed by atoms with Crippen LogP contribution in [0.25, 0.3) is 0 Å².